The minimum absolute atomic E-state index is 0.220. The molecule has 1 aromatic carbocycles. The Morgan fingerprint density at radius 2 is 2.06 bits per heavy atom. The lowest BCUT2D eigenvalue weighted by Crippen LogP contribution is -2.22. The van der Waals surface area contributed by atoms with Crippen molar-refractivity contribution in [1.82, 2.24) is 0 Å². The van der Waals surface area contributed by atoms with Crippen LogP contribution in [0, 0.1) is 17.6 Å². The third-order valence-corrected chi connectivity index (χ3v) is 2.96. The Balaban J connectivity index is 1.93. The molecule has 0 N–H and O–H groups in total. The van der Waals surface area contributed by atoms with Crippen LogP contribution in [0.4, 0.5) is 8.78 Å². The van der Waals surface area contributed by atoms with Gasteiger partial charge in [0, 0.05) is 13.2 Å². The average Bonchev–Trinajstić information content (AvgIpc) is 2.40. The number of esters is 1. The average molecular weight is 256 g/mol. The smallest absolute Gasteiger partial charge is 0.341 e. The van der Waals surface area contributed by atoms with E-state index in [2.05, 4.69) is 0 Å². The number of benzene rings is 1. The monoisotopic (exact) mass is 256 g/mol. The molecular formula is C13H14F2O3. The first-order valence-corrected chi connectivity index (χ1v) is 5.87. The van der Waals surface area contributed by atoms with E-state index in [4.69, 9.17) is 9.47 Å². The van der Waals surface area contributed by atoms with Crippen LogP contribution in [-0.2, 0) is 9.47 Å². The lowest BCUT2D eigenvalue weighted by atomic mass is 10.0. The first kappa shape index (κ1) is 13.0. The minimum Gasteiger partial charge on any atom is -0.462 e. The molecule has 3 nitrogen and oxygen atoms in total. The van der Waals surface area contributed by atoms with E-state index in [0.29, 0.717) is 13.2 Å². The second-order valence-corrected chi connectivity index (χ2v) is 4.26. The summed E-state index contributed by atoms with van der Waals surface area (Å²) in [4.78, 5) is 11.6. The zero-order valence-electron chi connectivity index (χ0n) is 9.83. The Hall–Kier alpha value is -1.49. The second-order valence-electron chi connectivity index (χ2n) is 4.26. The van der Waals surface area contributed by atoms with Gasteiger partial charge in [-0.05, 0) is 30.9 Å². The number of hydrogen-bond donors (Lipinski definition) is 0. The molecule has 0 saturated carbocycles. The van der Waals surface area contributed by atoms with Crippen molar-refractivity contribution < 1.29 is 23.0 Å². The fraction of sp³-hybridized carbons (Fsp3) is 0.462. The molecule has 0 radical (unpaired) electrons. The van der Waals surface area contributed by atoms with Gasteiger partial charge in [-0.3, -0.25) is 0 Å². The molecule has 1 aliphatic rings. The molecular weight excluding hydrogens is 242 g/mol. The number of hydrogen-bond acceptors (Lipinski definition) is 3. The van der Waals surface area contributed by atoms with Crippen molar-refractivity contribution in [3.63, 3.8) is 0 Å². The zero-order chi connectivity index (χ0) is 13.0. The largest absolute Gasteiger partial charge is 0.462 e. The van der Waals surface area contributed by atoms with Gasteiger partial charge in [-0.2, -0.15) is 0 Å². The van der Waals surface area contributed by atoms with E-state index in [-0.39, 0.29) is 18.1 Å². The topological polar surface area (TPSA) is 35.5 Å². The fourth-order valence-electron chi connectivity index (χ4n) is 1.85. The van der Waals surface area contributed by atoms with Gasteiger partial charge in [0.15, 0.2) is 11.6 Å². The van der Waals surface area contributed by atoms with Crippen LogP contribution in [0.1, 0.15) is 23.2 Å². The number of carbonyl (C=O) groups excluding carboxylic acids is 1. The summed E-state index contributed by atoms with van der Waals surface area (Å²) in [5.74, 6) is -2.79. The lowest BCUT2D eigenvalue weighted by Gasteiger charge is -2.21. The highest BCUT2D eigenvalue weighted by atomic mass is 19.2. The standard InChI is InChI=1S/C13H14F2O3/c14-11-3-1-2-10(12(11)15)13(16)18-8-9-4-6-17-7-5-9/h1-3,9H,4-8H2. The van der Waals surface area contributed by atoms with E-state index in [1.165, 1.54) is 12.1 Å². The van der Waals surface area contributed by atoms with Crippen LogP contribution >= 0.6 is 0 Å². The van der Waals surface area contributed by atoms with Gasteiger partial charge in [0.1, 0.15) is 0 Å². The van der Waals surface area contributed by atoms with Gasteiger partial charge < -0.3 is 9.47 Å². The molecule has 0 spiro atoms. The lowest BCUT2D eigenvalue weighted by molar-refractivity contribution is 0.0182. The number of halogens is 2. The normalized spacial score (nSPS) is 16.6. The SMILES string of the molecule is O=C(OCC1CCOCC1)c1cccc(F)c1F. The summed E-state index contributed by atoms with van der Waals surface area (Å²) in [6, 6.07) is 3.46. The van der Waals surface area contributed by atoms with Crippen LogP contribution in [0.25, 0.3) is 0 Å². The van der Waals surface area contributed by atoms with Gasteiger partial charge in [0.25, 0.3) is 0 Å². The van der Waals surface area contributed by atoms with E-state index >= 15 is 0 Å². The van der Waals surface area contributed by atoms with Crippen molar-refractivity contribution in [3.8, 4) is 0 Å². The number of ether oxygens (including phenoxy) is 2. The molecule has 98 valence electrons. The van der Waals surface area contributed by atoms with Crippen LogP contribution in [0.5, 0.6) is 0 Å². The maximum absolute atomic E-state index is 13.3. The summed E-state index contributed by atoms with van der Waals surface area (Å²) in [6.07, 6.45) is 1.64. The Morgan fingerprint density at radius 1 is 1.33 bits per heavy atom. The van der Waals surface area contributed by atoms with Crippen LogP contribution < -0.4 is 0 Å². The summed E-state index contributed by atoms with van der Waals surface area (Å²) in [5.41, 5.74) is -0.359. The van der Waals surface area contributed by atoms with E-state index in [0.717, 1.165) is 18.9 Å². The third-order valence-electron chi connectivity index (χ3n) is 2.96. The molecule has 1 heterocycles. The number of rotatable bonds is 3. The van der Waals surface area contributed by atoms with Crippen molar-refractivity contribution in [2.24, 2.45) is 5.92 Å². The van der Waals surface area contributed by atoms with Crippen LogP contribution in [0.3, 0.4) is 0 Å². The van der Waals surface area contributed by atoms with Crippen LogP contribution in [0.2, 0.25) is 0 Å². The van der Waals surface area contributed by atoms with Crippen LogP contribution in [0.15, 0.2) is 18.2 Å². The molecule has 5 heteroatoms. The van der Waals surface area contributed by atoms with Gasteiger partial charge in [0.2, 0.25) is 0 Å². The van der Waals surface area contributed by atoms with Gasteiger partial charge in [-0.1, -0.05) is 6.07 Å². The minimum atomic E-state index is -1.16. The first-order chi connectivity index (χ1) is 8.68. The van der Waals surface area contributed by atoms with E-state index in [1.54, 1.807) is 0 Å². The predicted octanol–water partition coefficient (Wildman–Crippen LogP) is 2.55. The molecule has 0 unspecified atom stereocenters. The van der Waals surface area contributed by atoms with Crippen LogP contribution in [-0.4, -0.2) is 25.8 Å². The second kappa shape index (κ2) is 5.91. The van der Waals surface area contributed by atoms with Gasteiger partial charge in [-0.15, -0.1) is 0 Å². The van der Waals surface area contributed by atoms with Gasteiger partial charge in [-0.25, -0.2) is 13.6 Å². The highest BCUT2D eigenvalue weighted by molar-refractivity contribution is 5.89. The van der Waals surface area contributed by atoms with Gasteiger partial charge >= 0.3 is 5.97 Å². The van der Waals surface area contributed by atoms with E-state index < -0.39 is 17.6 Å². The molecule has 0 aliphatic carbocycles. The Kier molecular flexibility index (Phi) is 4.25. The Labute approximate surface area is 104 Å². The molecule has 0 aromatic heterocycles. The van der Waals surface area contributed by atoms with Crippen molar-refractivity contribution in [3.05, 3.63) is 35.4 Å². The zero-order valence-corrected chi connectivity index (χ0v) is 9.83. The molecule has 0 atom stereocenters. The van der Waals surface area contributed by atoms with E-state index in [1.807, 2.05) is 0 Å². The van der Waals surface area contributed by atoms with Crippen molar-refractivity contribution >= 4 is 5.97 Å². The fourth-order valence-corrected chi connectivity index (χ4v) is 1.85. The molecule has 0 amide bonds. The quantitative estimate of drug-likeness (QED) is 0.780. The Morgan fingerprint density at radius 3 is 2.78 bits per heavy atom. The summed E-state index contributed by atoms with van der Waals surface area (Å²) in [6.45, 7) is 1.52. The Bertz CT molecular complexity index is 428. The first-order valence-electron chi connectivity index (χ1n) is 5.87. The molecule has 18 heavy (non-hydrogen) atoms. The molecule has 1 fully saturated rings. The van der Waals surface area contributed by atoms with Gasteiger partial charge in [0.05, 0.1) is 12.2 Å². The highest BCUT2D eigenvalue weighted by Crippen LogP contribution is 2.17. The highest BCUT2D eigenvalue weighted by Gasteiger charge is 2.19. The molecule has 1 aliphatic heterocycles. The third kappa shape index (κ3) is 3.04. The summed E-state index contributed by atoms with van der Waals surface area (Å²) in [5, 5.41) is 0. The summed E-state index contributed by atoms with van der Waals surface area (Å²) >= 11 is 0. The molecule has 2 rings (SSSR count). The molecule has 1 aromatic rings. The van der Waals surface area contributed by atoms with Crippen molar-refractivity contribution in [2.45, 2.75) is 12.8 Å². The maximum Gasteiger partial charge on any atom is 0.341 e. The van der Waals surface area contributed by atoms with E-state index in [9.17, 15) is 13.6 Å². The number of carbonyl (C=O) groups is 1. The predicted molar refractivity (Wildman–Crippen MR) is 60.2 cm³/mol. The molecule has 1 saturated heterocycles. The van der Waals surface area contributed by atoms with Crippen molar-refractivity contribution in [2.75, 3.05) is 19.8 Å². The van der Waals surface area contributed by atoms with Crippen molar-refractivity contribution in [1.29, 1.82) is 0 Å². The summed E-state index contributed by atoms with van der Waals surface area (Å²) in [7, 11) is 0. The summed E-state index contributed by atoms with van der Waals surface area (Å²) < 4.78 is 36.4. The molecule has 0 bridgehead atoms. The maximum atomic E-state index is 13.3.